The number of nitrogens with zero attached hydrogens (tertiary/aromatic N) is 1. The third kappa shape index (κ3) is 5.38. The summed E-state index contributed by atoms with van der Waals surface area (Å²) in [7, 11) is -4.23. The van der Waals surface area contributed by atoms with Crippen LogP contribution < -0.4 is 0 Å². The number of carboxylic acid groups (broad SMARTS) is 1. The van der Waals surface area contributed by atoms with Crippen molar-refractivity contribution in [3.63, 3.8) is 0 Å². The summed E-state index contributed by atoms with van der Waals surface area (Å²) >= 11 is 6.04. The van der Waals surface area contributed by atoms with E-state index < -0.39 is 27.4 Å². The Morgan fingerprint density at radius 2 is 1.45 bits per heavy atom. The minimum Gasteiger partial charge on any atom is -0.480 e. The van der Waals surface area contributed by atoms with E-state index in [1.807, 2.05) is 66.7 Å². The fraction of sp³-hybridized carbons (Fsp3) is 0.265. The molecule has 1 aliphatic heterocycles. The summed E-state index contributed by atoms with van der Waals surface area (Å²) in [6.45, 7) is 1.26. The number of benzene rings is 4. The van der Waals surface area contributed by atoms with Crippen LogP contribution in [0.15, 0.2) is 108 Å². The molecule has 42 heavy (non-hydrogen) atoms. The van der Waals surface area contributed by atoms with Crippen molar-refractivity contribution in [2.75, 3.05) is 13.2 Å². The average Bonchev–Trinajstić information content (AvgIpc) is 3.78. The lowest BCUT2D eigenvalue weighted by atomic mass is 9.88. The summed E-state index contributed by atoms with van der Waals surface area (Å²) in [4.78, 5) is 13.2. The van der Waals surface area contributed by atoms with Crippen LogP contribution in [0.3, 0.4) is 0 Å². The lowest BCUT2D eigenvalue weighted by molar-refractivity contribution is -0.143. The monoisotopic (exact) mass is 601 g/mol. The first-order valence-corrected chi connectivity index (χ1v) is 16.0. The van der Waals surface area contributed by atoms with Crippen LogP contribution in [-0.2, 0) is 26.1 Å². The molecule has 2 unspecified atom stereocenters. The maximum absolute atomic E-state index is 14.5. The van der Waals surface area contributed by atoms with Gasteiger partial charge in [-0.2, -0.15) is 4.31 Å². The molecule has 216 valence electrons. The van der Waals surface area contributed by atoms with Crippen molar-refractivity contribution in [3.05, 3.63) is 125 Å². The van der Waals surface area contributed by atoms with Crippen LogP contribution in [-0.4, -0.2) is 42.6 Å². The molecule has 1 N–H and O–H groups in total. The average molecular weight is 602 g/mol. The Kier molecular flexibility index (Phi) is 7.94. The van der Waals surface area contributed by atoms with Gasteiger partial charge >= 0.3 is 5.97 Å². The van der Waals surface area contributed by atoms with Crippen molar-refractivity contribution in [2.24, 2.45) is 0 Å². The first kappa shape index (κ1) is 28.6. The molecule has 2 fully saturated rings. The van der Waals surface area contributed by atoms with Gasteiger partial charge in [-0.05, 0) is 77.3 Å². The predicted molar refractivity (Wildman–Crippen MR) is 163 cm³/mol. The number of ether oxygens (including phenoxy) is 1. The van der Waals surface area contributed by atoms with E-state index in [-0.39, 0.29) is 23.8 Å². The van der Waals surface area contributed by atoms with Gasteiger partial charge < -0.3 is 9.84 Å². The van der Waals surface area contributed by atoms with E-state index in [0.717, 1.165) is 40.7 Å². The second kappa shape index (κ2) is 11.7. The van der Waals surface area contributed by atoms with E-state index in [1.54, 1.807) is 36.4 Å². The zero-order valence-electron chi connectivity index (χ0n) is 23.0. The molecule has 0 bridgehead atoms. The van der Waals surface area contributed by atoms with Crippen LogP contribution in [0.2, 0.25) is 5.02 Å². The topological polar surface area (TPSA) is 83.9 Å². The molecule has 2 aliphatic rings. The maximum atomic E-state index is 14.5. The quantitative estimate of drug-likeness (QED) is 0.221. The van der Waals surface area contributed by atoms with Gasteiger partial charge in [0, 0.05) is 30.7 Å². The summed E-state index contributed by atoms with van der Waals surface area (Å²) in [5.74, 6) is -1.38. The lowest BCUT2D eigenvalue weighted by Gasteiger charge is -2.32. The van der Waals surface area contributed by atoms with Crippen molar-refractivity contribution in [2.45, 2.75) is 48.1 Å². The van der Waals surface area contributed by atoms with Gasteiger partial charge in [-0.1, -0.05) is 90.5 Å². The van der Waals surface area contributed by atoms with Crippen molar-refractivity contribution in [3.8, 4) is 11.1 Å². The van der Waals surface area contributed by atoms with E-state index in [4.69, 9.17) is 16.3 Å². The summed E-state index contributed by atoms with van der Waals surface area (Å²) in [6.07, 6.45) is 1.88. The first-order valence-electron chi connectivity index (χ1n) is 14.1. The van der Waals surface area contributed by atoms with E-state index in [0.29, 0.717) is 18.2 Å². The van der Waals surface area contributed by atoms with Gasteiger partial charge in [-0.15, -0.1) is 0 Å². The molecule has 4 aromatic carbocycles. The number of carbonyl (C=O) groups is 1. The largest absolute Gasteiger partial charge is 0.480 e. The molecule has 6 nitrogen and oxygen atoms in total. The minimum atomic E-state index is -4.23. The number of rotatable bonds is 9. The number of carboxylic acids is 1. The molecule has 8 heteroatoms. The molecule has 1 heterocycles. The van der Waals surface area contributed by atoms with E-state index in [9.17, 15) is 18.3 Å². The Hall–Kier alpha value is -3.49. The fourth-order valence-electron chi connectivity index (χ4n) is 6.22. The fourth-order valence-corrected chi connectivity index (χ4v) is 8.10. The Morgan fingerprint density at radius 1 is 0.857 bits per heavy atom. The van der Waals surface area contributed by atoms with E-state index in [2.05, 4.69) is 0 Å². The van der Waals surface area contributed by atoms with Crippen LogP contribution in [0.1, 0.15) is 47.8 Å². The molecule has 2 atom stereocenters. The zero-order valence-corrected chi connectivity index (χ0v) is 24.6. The van der Waals surface area contributed by atoms with Gasteiger partial charge in [0.2, 0.25) is 10.0 Å². The molecular weight excluding hydrogens is 570 g/mol. The lowest BCUT2D eigenvalue weighted by Crippen LogP contribution is -2.48. The summed E-state index contributed by atoms with van der Waals surface area (Å²) < 4.78 is 35.8. The SMILES string of the molecule is O=C(O)C1(N(Cc2ccccc2C2CCOCC2)S(=O)(=O)c2ccc(-c3ccc(Cl)cc3)cc2)CC1c1ccccc1. The van der Waals surface area contributed by atoms with Crippen molar-refractivity contribution in [1.29, 1.82) is 0 Å². The highest BCUT2D eigenvalue weighted by atomic mass is 35.5. The van der Waals surface area contributed by atoms with Gasteiger partial charge in [0.15, 0.2) is 0 Å². The van der Waals surface area contributed by atoms with Gasteiger partial charge in [0.05, 0.1) is 4.90 Å². The minimum absolute atomic E-state index is 0.0373. The molecular formula is C34H32ClNO5S. The van der Waals surface area contributed by atoms with Gasteiger partial charge in [0.1, 0.15) is 5.54 Å². The van der Waals surface area contributed by atoms with Crippen LogP contribution in [0.25, 0.3) is 11.1 Å². The number of sulfonamides is 1. The molecule has 0 amide bonds. The molecule has 1 saturated carbocycles. The van der Waals surface area contributed by atoms with Crippen LogP contribution >= 0.6 is 11.6 Å². The smallest absolute Gasteiger partial charge is 0.325 e. The highest BCUT2D eigenvalue weighted by Crippen LogP contribution is 2.58. The molecule has 0 radical (unpaired) electrons. The Morgan fingerprint density at radius 3 is 2.10 bits per heavy atom. The molecule has 6 rings (SSSR count). The molecule has 0 spiro atoms. The first-order chi connectivity index (χ1) is 20.3. The van der Waals surface area contributed by atoms with Gasteiger partial charge in [-0.3, -0.25) is 4.79 Å². The van der Waals surface area contributed by atoms with Crippen molar-refractivity contribution in [1.82, 2.24) is 4.31 Å². The maximum Gasteiger partial charge on any atom is 0.325 e. The molecule has 1 saturated heterocycles. The number of aliphatic carboxylic acids is 1. The molecule has 1 aliphatic carbocycles. The number of halogens is 1. The summed E-state index contributed by atoms with van der Waals surface area (Å²) in [5.41, 5.74) is 2.83. The van der Waals surface area contributed by atoms with E-state index >= 15 is 0 Å². The molecule has 0 aromatic heterocycles. The highest BCUT2D eigenvalue weighted by molar-refractivity contribution is 7.89. The normalized spacial score (nSPS) is 20.9. The van der Waals surface area contributed by atoms with Gasteiger partial charge in [-0.25, -0.2) is 8.42 Å². The predicted octanol–water partition coefficient (Wildman–Crippen LogP) is 7.10. The Bertz CT molecular complexity index is 1670. The number of hydrogen-bond acceptors (Lipinski definition) is 4. The summed E-state index contributed by atoms with van der Waals surface area (Å²) in [6, 6.07) is 31.1. The van der Waals surface area contributed by atoms with Crippen LogP contribution in [0.4, 0.5) is 0 Å². The van der Waals surface area contributed by atoms with Crippen molar-refractivity contribution < 1.29 is 23.1 Å². The standard InChI is InChI=1S/C34H32ClNO5S/c35-29-14-10-24(11-15-29)25-12-16-30(17-13-25)42(39,40)36(34(33(37)38)22-32(34)27-6-2-1-3-7-27)23-28-8-4-5-9-31(28)26-18-20-41-21-19-26/h1-17,26,32H,18-23H2,(H,37,38). The zero-order chi connectivity index (χ0) is 29.3. The van der Waals surface area contributed by atoms with E-state index in [1.165, 1.54) is 4.31 Å². The summed E-state index contributed by atoms with van der Waals surface area (Å²) in [5, 5.41) is 11.3. The van der Waals surface area contributed by atoms with Crippen LogP contribution in [0.5, 0.6) is 0 Å². The highest BCUT2D eigenvalue weighted by Gasteiger charge is 2.68. The second-order valence-electron chi connectivity index (χ2n) is 11.0. The number of hydrogen-bond donors (Lipinski definition) is 1. The third-order valence-corrected chi connectivity index (χ3v) is 10.8. The molecule has 4 aromatic rings. The van der Waals surface area contributed by atoms with Crippen LogP contribution in [0, 0.1) is 0 Å². The third-order valence-electron chi connectivity index (χ3n) is 8.60. The second-order valence-corrected chi connectivity index (χ2v) is 13.3. The van der Waals surface area contributed by atoms with Gasteiger partial charge in [0.25, 0.3) is 0 Å². The Labute approximate surface area is 251 Å². The van der Waals surface area contributed by atoms with Crippen molar-refractivity contribution >= 4 is 27.6 Å². The Balaban J connectivity index is 1.42.